The minimum atomic E-state index is -2.82. The zero-order valence-electron chi connectivity index (χ0n) is 23.8. The van der Waals surface area contributed by atoms with Crippen LogP contribution in [-0.4, -0.2) is 88.9 Å². The molecule has 0 saturated heterocycles. The van der Waals surface area contributed by atoms with E-state index < -0.39 is 80.9 Å². The molecular weight excluding hydrogens is 566 g/mol. The lowest BCUT2D eigenvalue weighted by atomic mass is 9.52. The van der Waals surface area contributed by atoms with Crippen molar-refractivity contribution in [2.75, 3.05) is 38.4 Å². The van der Waals surface area contributed by atoms with E-state index >= 15 is 0 Å². The minimum Gasteiger partial charge on any atom is -0.505 e. The molecule has 2 unspecified atom stereocenters. The summed E-state index contributed by atoms with van der Waals surface area (Å²) in [4.78, 5) is 80.3. The number of amides is 1. The third kappa shape index (κ3) is 4.38. The van der Waals surface area contributed by atoms with E-state index in [1.54, 1.807) is 25.1 Å². The molecule has 15 nitrogen and oxygen atoms in total. The number of furan rings is 1. The van der Waals surface area contributed by atoms with Gasteiger partial charge in [0, 0.05) is 25.7 Å². The lowest BCUT2D eigenvalue weighted by molar-refractivity contribution is -0.402. The predicted octanol–water partition coefficient (Wildman–Crippen LogP) is 0.0463. The quantitative estimate of drug-likeness (QED) is 0.143. The zero-order chi connectivity index (χ0) is 31.7. The number of hydrogen-bond donors (Lipinski definition) is 4. The Morgan fingerprint density at radius 1 is 1.19 bits per heavy atom. The van der Waals surface area contributed by atoms with E-state index in [-0.39, 0.29) is 36.4 Å². The molecule has 1 amide bonds. The standard InChI is InChI=1S/C28H31N5O10/c1-31(2)16-9-15(30-10-12-5-6-17(43-12)33(41)42)22(34)19-13(16)7-11-8-14-21(32(3)4)24(36)20(27(29)39)26(38)28(14,40)25(37)18(11)23(19)35/h5-6,9,11,14,18,20-21,30,34,40H,7-8,10H2,1-4H3,(H2,29,39)/t11-,14-,18?,20?,21-,28-/m0/s1. The molecule has 15 heteroatoms. The van der Waals surface area contributed by atoms with Crippen LogP contribution in [0.1, 0.15) is 28.1 Å². The topological polar surface area (TPSA) is 227 Å². The summed E-state index contributed by atoms with van der Waals surface area (Å²) in [6, 6.07) is 2.96. The van der Waals surface area contributed by atoms with Gasteiger partial charge in [0.1, 0.15) is 16.4 Å². The van der Waals surface area contributed by atoms with Crippen molar-refractivity contribution < 1.29 is 43.5 Å². The van der Waals surface area contributed by atoms with Gasteiger partial charge in [-0.3, -0.25) is 39.0 Å². The molecule has 1 aromatic heterocycles. The molecule has 0 radical (unpaired) electrons. The third-order valence-electron chi connectivity index (χ3n) is 8.80. The maximum Gasteiger partial charge on any atom is 0.433 e. The number of aromatic hydroxyl groups is 1. The van der Waals surface area contributed by atoms with Crippen molar-refractivity contribution in [1.82, 2.24) is 4.90 Å². The van der Waals surface area contributed by atoms with Gasteiger partial charge in [0.15, 0.2) is 34.7 Å². The number of benzene rings is 1. The van der Waals surface area contributed by atoms with Crippen LogP contribution in [0, 0.1) is 33.8 Å². The molecule has 2 aromatic rings. The number of nitrogens with two attached hydrogens (primary N) is 1. The van der Waals surface area contributed by atoms with E-state index in [0.29, 0.717) is 11.3 Å². The SMILES string of the molecule is CN(C)c1cc(NCc2ccc([N+](=O)[O-])o2)c(O)c2c1C[C@H]1C[C@H]3[C@H](N(C)C)C(=O)C(C(N)=O)C(=O)[C@@]3(O)C(=O)C1C2=O. The van der Waals surface area contributed by atoms with E-state index in [1.807, 2.05) is 0 Å². The average Bonchev–Trinajstić information content (AvgIpc) is 3.39. The molecule has 5 rings (SSSR count). The molecule has 228 valence electrons. The Kier molecular flexibility index (Phi) is 7.13. The molecule has 5 N–H and O–H groups in total. The maximum absolute atomic E-state index is 14.1. The van der Waals surface area contributed by atoms with Gasteiger partial charge in [0.05, 0.1) is 35.8 Å². The number of nitrogens with one attached hydrogen (secondary N) is 1. The summed E-state index contributed by atoms with van der Waals surface area (Å²) in [6.07, 6.45) is 0.0480. The highest BCUT2D eigenvalue weighted by Gasteiger charge is 2.69. The number of hydrogen-bond acceptors (Lipinski definition) is 13. The Labute approximate surface area is 244 Å². The second-order valence-corrected chi connectivity index (χ2v) is 11.7. The number of phenols is 1. The fraction of sp³-hybridized carbons (Fsp3) is 0.464. The van der Waals surface area contributed by atoms with Crippen molar-refractivity contribution >= 4 is 46.3 Å². The van der Waals surface area contributed by atoms with Gasteiger partial charge in [-0.15, -0.1) is 0 Å². The van der Waals surface area contributed by atoms with E-state index in [9.17, 15) is 44.3 Å². The Morgan fingerprint density at radius 3 is 2.42 bits per heavy atom. The number of Topliss-reactive ketones (excluding diaryl/α,β-unsaturated/α-hetero) is 4. The number of anilines is 2. The second-order valence-electron chi connectivity index (χ2n) is 11.7. The number of carbonyl (C=O) groups excluding carboxylic acids is 5. The first-order valence-electron chi connectivity index (χ1n) is 13.5. The fourth-order valence-electron chi connectivity index (χ4n) is 6.93. The fourth-order valence-corrected chi connectivity index (χ4v) is 6.93. The first-order chi connectivity index (χ1) is 20.1. The summed E-state index contributed by atoms with van der Waals surface area (Å²) in [5.41, 5.74) is 3.42. The van der Waals surface area contributed by atoms with Crippen LogP contribution in [0.3, 0.4) is 0 Å². The van der Waals surface area contributed by atoms with Crippen LogP contribution < -0.4 is 16.0 Å². The van der Waals surface area contributed by atoms with Crippen molar-refractivity contribution in [1.29, 1.82) is 0 Å². The van der Waals surface area contributed by atoms with Crippen LogP contribution in [0.2, 0.25) is 0 Å². The Morgan fingerprint density at radius 2 is 1.86 bits per heavy atom. The largest absolute Gasteiger partial charge is 0.505 e. The molecule has 3 aliphatic carbocycles. The Bertz CT molecular complexity index is 1600. The third-order valence-corrected chi connectivity index (χ3v) is 8.80. The summed E-state index contributed by atoms with van der Waals surface area (Å²) in [5, 5.41) is 36.9. The Hall–Kier alpha value is -4.63. The van der Waals surface area contributed by atoms with Crippen LogP contribution in [-0.2, 0) is 32.1 Å². The molecule has 2 saturated carbocycles. The Balaban J connectivity index is 1.58. The van der Waals surface area contributed by atoms with Crippen LogP contribution in [0.25, 0.3) is 0 Å². The summed E-state index contributed by atoms with van der Waals surface area (Å²) in [6.45, 7) is -0.0867. The van der Waals surface area contributed by atoms with Gasteiger partial charge in [-0.2, -0.15) is 0 Å². The first-order valence-corrected chi connectivity index (χ1v) is 13.5. The normalized spacial score (nSPS) is 28.3. The van der Waals surface area contributed by atoms with Gasteiger partial charge in [-0.1, -0.05) is 0 Å². The molecular formula is C28H31N5O10. The van der Waals surface area contributed by atoms with Crippen LogP contribution in [0.15, 0.2) is 22.6 Å². The van der Waals surface area contributed by atoms with Crippen LogP contribution in [0.4, 0.5) is 17.3 Å². The molecule has 3 aliphatic rings. The smallest absolute Gasteiger partial charge is 0.433 e. The molecule has 2 fully saturated rings. The molecule has 0 aliphatic heterocycles. The maximum atomic E-state index is 14.1. The van der Waals surface area contributed by atoms with Gasteiger partial charge in [-0.25, -0.2) is 0 Å². The minimum absolute atomic E-state index is 0.0607. The molecule has 6 atom stereocenters. The second kappa shape index (κ2) is 10.3. The number of carbonyl (C=O) groups is 5. The highest BCUT2D eigenvalue weighted by Crippen LogP contribution is 2.52. The highest BCUT2D eigenvalue weighted by molar-refractivity contribution is 6.32. The number of primary amides is 1. The van der Waals surface area contributed by atoms with Crippen molar-refractivity contribution in [2.45, 2.75) is 31.0 Å². The molecule has 0 spiro atoms. The lowest BCUT2D eigenvalue weighted by Gasteiger charge is -2.52. The number of nitrogens with zero attached hydrogens (tertiary/aromatic N) is 3. The number of rotatable bonds is 7. The van der Waals surface area contributed by atoms with Crippen LogP contribution in [0.5, 0.6) is 5.75 Å². The van der Waals surface area contributed by atoms with Crippen molar-refractivity contribution in [3.05, 3.63) is 45.2 Å². The predicted molar refractivity (Wildman–Crippen MR) is 148 cm³/mol. The van der Waals surface area contributed by atoms with Crippen LogP contribution >= 0.6 is 0 Å². The van der Waals surface area contributed by atoms with E-state index in [4.69, 9.17) is 10.2 Å². The van der Waals surface area contributed by atoms with E-state index in [0.717, 1.165) is 0 Å². The van der Waals surface area contributed by atoms with E-state index in [2.05, 4.69) is 5.32 Å². The summed E-state index contributed by atoms with van der Waals surface area (Å²) >= 11 is 0. The van der Waals surface area contributed by atoms with Gasteiger partial charge in [-0.05, 0) is 50.6 Å². The summed E-state index contributed by atoms with van der Waals surface area (Å²) < 4.78 is 5.15. The highest BCUT2D eigenvalue weighted by atomic mass is 16.6. The van der Waals surface area contributed by atoms with Crippen molar-refractivity contribution in [3.63, 3.8) is 0 Å². The number of phenolic OH excluding ortho intramolecular Hbond substituents is 1. The molecule has 1 aromatic carbocycles. The number of ketones is 4. The van der Waals surface area contributed by atoms with E-state index in [1.165, 1.54) is 31.1 Å². The van der Waals surface area contributed by atoms with Crippen molar-refractivity contribution in [2.24, 2.45) is 29.4 Å². The molecule has 43 heavy (non-hydrogen) atoms. The number of nitro groups is 1. The lowest BCUT2D eigenvalue weighted by Crippen LogP contribution is -2.74. The average molecular weight is 598 g/mol. The van der Waals surface area contributed by atoms with Crippen molar-refractivity contribution in [3.8, 4) is 5.75 Å². The molecule has 0 bridgehead atoms. The number of fused-ring (bicyclic) bond motifs is 3. The molecule has 1 heterocycles. The summed E-state index contributed by atoms with van der Waals surface area (Å²) in [7, 11) is 6.48. The first kappa shape index (κ1) is 29.8. The van der Waals surface area contributed by atoms with Gasteiger partial charge in [0.25, 0.3) is 0 Å². The zero-order valence-corrected chi connectivity index (χ0v) is 23.8. The van der Waals surface area contributed by atoms with Gasteiger partial charge in [0.2, 0.25) is 5.91 Å². The van der Waals surface area contributed by atoms with Gasteiger partial charge < -0.3 is 30.6 Å². The number of aliphatic hydroxyl groups is 1. The number of likely N-dealkylation sites (N-methyl/N-ethyl adjacent to an activating group) is 1. The summed E-state index contributed by atoms with van der Waals surface area (Å²) in [5.74, 6) is -11.7. The monoisotopic (exact) mass is 597 g/mol. The van der Waals surface area contributed by atoms with Gasteiger partial charge >= 0.3 is 5.88 Å².